The third-order valence-corrected chi connectivity index (χ3v) is 4.49. The van der Waals surface area contributed by atoms with Crippen LogP contribution < -0.4 is 10.5 Å². The fourth-order valence-corrected chi connectivity index (χ4v) is 3.30. The molecule has 0 radical (unpaired) electrons. The number of hydrogen-bond acceptors (Lipinski definition) is 2. The topological polar surface area (TPSA) is 35.2 Å². The second kappa shape index (κ2) is 7.60. The SMILES string of the molecule is NCCc1ccc(OC2CCCCC2)cc1-c1cccc(F)c1. The molecule has 3 heteroatoms. The summed E-state index contributed by atoms with van der Waals surface area (Å²) < 4.78 is 19.7. The monoisotopic (exact) mass is 313 g/mol. The smallest absolute Gasteiger partial charge is 0.123 e. The van der Waals surface area contributed by atoms with Crippen LogP contribution >= 0.6 is 0 Å². The van der Waals surface area contributed by atoms with Gasteiger partial charge in [-0.15, -0.1) is 0 Å². The molecule has 2 N–H and O–H groups in total. The van der Waals surface area contributed by atoms with Crippen LogP contribution in [0, 0.1) is 5.82 Å². The Bertz CT molecular complexity index is 650. The summed E-state index contributed by atoms with van der Waals surface area (Å²) >= 11 is 0. The summed E-state index contributed by atoms with van der Waals surface area (Å²) in [4.78, 5) is 0. The van der Waals surface area contributed by atoms with E-state index < -0.39 is 0 Å². The molecule has 0 heterocycles. The van der Waals surface area contributed by atoms with Gasteiger partial charge in [-0.1, -0.05) is 24.6 Å². The molecule has 0 bridgehead atoms. The zero-order chi connectivity index (χ0) is 16.1. The zero-order valence-electron chi connectivity index (χ0n) is 13.4. The lowest BCUT2D eigenvalue weighted by molar-refractivity contribution is 0.155. The van der Waals surface area contributed by atoms with Crippen LogP contribution in [0.4, 0.5) is 4.39 Å². The van der Waals surface area contributed by atoms with E-state index in [-0.39, 0.29) is 5.82 Å². The Morgan fingerprint density at radius 3 is 2.61 bits per heavy atom. The minimum atomic E-state index is -0.222. The van der Waals surface area contributed by atoms with Crippen LogP contribution in [0.1, 0.15) is 37.7 Å². The van der Waals surface area contributed by atoms with Crippen molar-refractivity contribution in [2.45, 2.75) is 44.6 Å². The molecule has 0 amide bonds. The lowest BCUT2D eigenvalue weighted by Crippen LogP contribution is -2.19. The van der Waals surface area contributed by atoms with Gasteiger partial charge in [0.05, 0.1) is 6.10 Å². The highest BCUT2D eigenvalue weighted by molar-refractivity contribution is 5.69. The zero-order valence-corrected chi connectivity index (χ0v) is 13.4. The minimum Gasteiger partial charge on any atom is -0.490 e. The summed E-state index contributed by atoms with van der Waals surface area (Å²) in [7, 11) is 0. The van der Waals surface area contributed by atoms with Gasteiger partial charge in [0.15, 0.2) is 0 Å². The first-order valence-corrected chi connectivity index (χ1v) is 8.52. The molecule has 122 valence electrons. The van der Waals surface area contributed by atoms with Crippen molar-refractivity contribution >= 4 is 0 Å². The molecule has 0 saturated heterocycles. The molecular weight excluding hydrogens is 289 g/mol. The molecule has 0 atom stereocenters. The quantitative estimate of drug-likeness (QED) is 0.868. The van der Waals surface area contributed by atoms with Crippen molar-refractivity contribution < 1.29 is 9.13 Å². The predicted molar refractivity (Wildman–Crippen MR) is 92.1 cm³/mol. The second-order valence-electron chi connectivity index (χ2n) is 6.25. The first-order chi connectivity index (χ1) is 11.3. The van der Waals surface area contributed by atoms with Gasteiger partial charge in [-0.3, -0.25) is 0 Å². The fourth-order valence-electron chi connectivity index (χ4n) is 3.30. The van der Waals surface area contributed by atoms with Crippen LogP contribution in [0.3, 0.4) is 0 Å². The maximum atomic E-state index is 13.6. The highest BCUT2D eigenvalue weighted by atomic mass is 19.1. The molecule has 1 aliphatic carbocycles. The Hall–Kier alpha value is -1.87. The van der Waals surface area contributed by atoms with E-state index in [1.165, 1.54) is 25.3 Å². The van der Waals surface area contributed by atoms with Crippen molar-refractivity contribution in [2.75, 3.05) is 6.54 Å². The van der Waals surface area contributed by atoms with E-state index in [1.54, 1.807) is 12.1 Å². The molecule has 2 aromatic carbocycles. The molecule has 2 aromatic rings. The number of hydrogen-bond donors (Lipinski definition) is 1. The van der Waals surface area contributed by atoms with Crippen molar-refractivity contribution in [2.24, 2.45) is 5.73 Å². The van der Waals surface area contributed by atoms with Gasteiger partial charge < -0.3 is 10.5 Å². The van der Waals surface area contributed by atoms with Crippen LogP contribution in [-0.4, -0.2) is 12.6 Å². The van der Waals surface area contributed by atoms with Crippen molar-refractivity contribution in [1.82, 2.24) is 0 Å². The number of benzene rings is 2. The number of nitrogens with two attached hydrogens (primary N) is 1. The molecule has 0 aliphatic heterocycles. The van der Waals surface area contributed by atoms with E-state index in [9.17, 15) is 4.39 Å². The van der Waals surface area contributed by atoms with Gasteiger partial charge in [-0.25, -0.2) is 4.39 Å². The molecule has 0 spiro atoms. The van der Waals surface area contributed by atoms with Crippen LogP contribution in [0.2, 0.25) is 0 Å². The summed E-state index contributed by atoms with van der Waals surface area (Å²) in [6.07, 6.45) is 7.13. The molecule has 0 aromatic heterocycles. The first kappa shape index (κ1) is 16.0. The third kappa shape index (κ3) is 4.11. The Morgan fingerprint density at radius 1 is 1.04 bits per heavy atom. The van der Waals surface area contributed by atoms with E-state index in [1.807, 2.05) is 18.2 Å². The Kier molecular flexibility index (Phi) is 5.29. The largest absolute Gasteiger partial charge is 0.490 e. The van der Waals surface area contributed by atoms with E-state index in [2.05, 4.69) is 6.07 Å². The van der Waals surface area contributed by atoms with E-state index >= 15 is 0 Å². The van der Waals surface area contributed by atoms with Gasteiger partial charge in [-0.05, 0) is 79.6 Å². The minimum absolute atomic E-state index is 0.222. The first-order valence-electron chi connectivity index (χ1n) is 8.52. The van der Waals surface area contributed by atoms with Crippen LogP contribution in [0.15, 0.2) is 42.5 Å². The van der Waals surface area contributed by atoms with Gasteiger partial charge in [0.25, 0.3) is 0 Å². The summed E-state index contributed by atoms with van der Waals surface area (Å²) in [6.45, 7) is 0.575. The molecule has 2 nitrogen and oxygen atoms in total. The summed E-state index contributed by atoms with van der Waals surface area (Å²) in [6, 6.07) is 12.8. The van der Waals surface area contributed by atoms with Gasteiger partial charge in [0.1, 0.15) is 11.6 Å². The van der Waals surface area contributed by atoms with Crippen molar-refractivity contribution in [3.05, 3.63) is 53.8 Å². The van der Waals surface area contributed by atoms with E-state index in [0.717, 1.165) is 41.7 Å². The highest BCUT2D eigenvalue weighted by Crippen LogP contribution is 2.31. The standard InChI is InChI=1S/C20H24FNO/c21-17-6-4-5-16(13-17)20-14-19(10-9-15(20)11-12-22)23-18-7-2-1-3-8-18/h4-6,9-10,13-14,18H,1-3,7-8,11-12,22H2. The highest BCUT2D eigenvalue weighted by Gasteiger charge is 2.16. The van der Waals surface area contributed by atoms with Crippen LogP contribution in [-0.2, 0) is 6.42 Å². The lowest BCUT2D eigenvalue weighted by atomic mass is 9.96. The second-order valence-corrected chi connectivity index (χ2v) is 6.25. The molecule has 1 fully saturated rings. The molecule has 1 aliphatic rings. The van der Waals surface area contributed by atoms with Crippen LogP contribution in [0.25, 0.3) is 11.1 Å². The Balaban J connectivity index is 1.89. The summed E-state index contributed by atoms with van der Waals surface area (Å²) in [5.41, 5.74) is 8.75. The van der Waals surface area contributed by atoms with Crippen molar-refractivity contribution in [1.29, 1.82) is 0 Å². The molecular formula is C20H24FNO. The van der Waals surface area contributed by atoms with Crippen LogP contribution in [0.5, 0.6) is 5.75 Å². The lowest BCUT2D eigenvalue weighted by Gasteiger charge is -2.23. The summed E-state index contributed by atoms with van der Waals surface area (Å²) in [5, 5.41) is 0. The molecule has 3 rings (SSSR count). The van der Waals surface area contributed by atoms with Crippen molar-refractivity contribution in [3.8, 4) is 16.9 Å². The van der Waals surface area contributed by atoms with Gasteiger partial charge in [0.2, 0.25) is 0 Å². The average molecular weight is 313 g/mol. The molecule has 0 unspecified atom stereocenters. The average Bonchev–Trinajstić information content (AvgIpc) is 2.57. The third-order valence-electron chi connectivity index (χ3n) is 4.49. The predicted octanol–water partition coefficient (Wildman–Crippen LogP) is 4.71. The molecule has 1 saturated carbocycles. The van der Waals surface area contributed by atoms with E-state index in [4.69, 9.17) is 10.5 Å². The van der Waals surface area contributed by atoms with Gasteiger partial charge >= 0.3 is 0 Å². The maximum absolute atomic E-state index is 13.6. The normalized spacial score (nSPS) is 15.6. The van der Waals surface area contributed by atoms with Crippen molar-refractivity contribution in [3.63, 3.8) is 0 Å². The van der Waals surface area contributed by atoms with Gasteiger partial charge in [0, 0.05) is 0 Å². The summed E-state index contributed by atoms with van der Waals surface area (Å²) in [5.74, 6) is 0.650. The Morgan fingerprint density at radius 2 is 1.87 bits per heavy atom. The maximum Gasteiger partial charge on any atom is 0.123 e. The molecule has 23 heavy (non-hydrogen) atoms. The number of ether oxygens (including phenoxy) is 1. The van der Waals surface area contributed by atoms with Gasteiger partial charge in [-0.2, -0.15) is 0 Å². The fraction of sp³-hybridized carbons (Fsp3) is 0.400. The van der Waals surface area contributed by atoms with E-state index in [0.29, 0.717) is 12.6 Å². The number of halogens is 1. The Labute approximate surface area is 137 Å². The number of rotatable bonds is 5.